The van der Waals surface area contributed by atoms with Gasteiger partial charge in [-0.15, -0.1) is 0 Å². The quantitative estimate of drug-likeness (QED) is 0.794. The van der Waals surface area contributed by atoms with Crippen molar-refractivity contribution in [3.8, 4) is 11.8 Å². The van der Waals surface area contributed by atoms with Crippen LogP contribution >= 0.6 is 0 Å². The molecule has 0 unspecified atom stereocenters. The largest absolute Gasteiger partial charge is 0.395 e. The van der Waals surface area contributed by atoms with Crippen LogP contribution in [0.25, 0.3) is 0 Å². The number of nitrogens with one attached hydrogen (secondary N) is 1. The highest BCUT2D eigenvalue weighted by Gasteiger charge is 2.18. The normalized spacial score (nSPS) is 11.2. The zero-order chi connectivity index (χ0) is 14.3. The van der Waals surface area contributed by atoms with Crippen LogP contribution in [0.5, 0.6) is 0 Å². The predicted molar refractivity (Wildman–Crippen MR) is 66.2 cm³/mol. The molecule has 1 rings (SSSR count). The van der Waals surface area contributed by atoms with Crippen molar-refractivity contribution >= 4 is 10.0 Å². The number of hydrogen-bond donors (Lipinski definition) is 2. The van der Waals surface area contributed by atoms with Crippen LogP contribution < -0.4 is 4.72 Å². The summed E-state index contributed by atoms with van der Waals surface area (Å²) in [7, 11) is -4.02. The van der Waals surface area contributed by atoms with Gasteiger partial charge >= 0.3 is 0 Å². The molecule has 0 bridgehead atoms. The molecule has 0 saturated carbocycles. The highest BCUT2D eigenvalue weighted by molar-refractivity contribution is 7.89. The van der Waals surface area contributed by atoms with Gasteiger partial charge in [-0.1, -0.05) is 24.0 Å². The van der Waals surface area contributed by atoms with E-state index in [1.54, 1.807) is 6.07 Å². The Kier molecular flexibility index (Phi) is 5.89. The summed E-state index contributed by atoms with van der Waals surface area (Å²) < 4.78 is 49.6. The van der Waals surface area contributed by atoms with Gasteiger partial charge in [-0.05, 0) is 12.1 Å². The molecule has 0 aliphatic rings. The summed E-state index contributed by atoms with van der Waals surface area (Å²) >= 11 is 0. The van der Waals surface area contributed by atoms with E-state index in [0.29, 0.717) is 0 Å². The number of halogens is 2. The van der Waals surface area contributed by atoms with Gasteiger partial charge in [0.05, 0.1) is 18.0 Å². The standard InChI is InChI=1S/C12H13F2NO3S/c13-12(14)9-15-19(17,18)11-7-2-1-5-10(11)6-3-4-8-16/h1-2,5,7,12,15-16H,4,8-9H2. The molecule has 0 fully saturated rings. The van der Waals surface area contributed by atoms with Gasteiger partial charge in [-0.25, -0.2) is 21.9 Å². The van der Waals surface area contributed by atoms with Crippen LogP contribution in [0, 0.1) is 11.8 Å². The second-order valence-corrected chi connectivity index (χ2v) is 5.25. The molecule has 0 amide bonds. The van der Waals surface area contributed by atoms with Gasteiger partial charge in [0.15, 0.2) is 0 Å². The summed E-state index contributed by atoms with van der Waals surface area (Å²) in [5.41, 5.74) is 0.206. The molecule has 19 heavy (non-hydrogen) atoms. The molecule has 7 heteroatoms. The summed E-state index contributed by atoms with van der Waals surface area (Å²) in [4.78, 5) is -0.152. The molecule has 0 aliphatic heterocycles. The Bertz CT molecular complexity index is 576. The van der Waals surface area contributed by atoms with E-state index in [0.717, 1.165) is 0 Å². The van der Waals surface area contributed by atoms with Crippen molar-refractivity contribution in [2.75, 3.05) is 13.2 Å². The fourth-order valence-electron chi connectivity index (χ4n) is 1.27. The van der Waals surface area contributed by atoms with Gasteiger partial charge in [0, 0.05) is 12.0 Å². The number of alkyl halides is 2. The number of sulfonamides is 1. The van der Waals surface area contributed by atoms with Crippen LogP contribution in [0.3, 0.4) is 0 Å². The van der Waals surface area contributed by atoms with Crippen LogP contribution in [-0.4, -0.2) is 33.1 Å². The molecule has 4 nitrogen and oxygen atoms in total. The minimum atomic E-state index is -4.02. The molecule has 0 spiro atoms. The third-order valence-electron chi connectivity index (χ3n) is 2.06. The minimum Gasteiger partial charge on any atom is -0.395 e. The Morgan fingerprint density at radius 2 is 2.00 bits per heavy atom. The van der Waals surface area contributed by atoms with Crippen LogP contribution in [0.1, 0.15) is 12.0 Å². The molecule has 0 aliphatic carbocycles. The predicted octanol–water partition coefficient (Wildman–Crippen LogP) is 0.964. The monoisotopic (exact) mass is 289 g/mol. The van der Waals surface area contributed by atoms with Crippen molar-refractivity contribution in [2.24, 2.45) is 0 Å². The average Bonchev–Trinajstić information content (AvgIpc) is 2.37. The van der Waals surface area contributed by atoms with Crippen LogP contribution in [0.2, 0.25) is 0 Å². The van der Waals surface area contributed by atoms with Crippen LogP contribution in [0.4, 0.5) is 8.78 Å². The lowest BCUT2D eigenvalue weighted by atomic mass is 10.2. The van der Waals surface area contributed by atoms with Gasteiger partial charge in [-0.2, -0.15) is 0 Å². The maximum Gasteiger partial charge on any atom is 0.251 e. The molecule has 0 atom stereocenters. The Labute approximate surface area is 110 Å². The Hall–Kier alpha value is -1.49. The number of benzene rings is 1. The molecule has 0 heterocycles. The van der Waals surface area contributed by atoms with Crippen molar-refractivity contribution in [2.45, 2.75) is 17.7 Å². The Morgan fingerprint density at radius 1 is 1.32 bits per heavy atom. The van der Waals surface area contributed by atoms with E-state index in [-0.39, 0.29) is 23.5 Å². The van der Waals surface area contributed by atoms with Crippen molar-refractivity contribution in [1.29, 1.82) is 0 Å². The van der Waals surface area contributed by atoms with Crippen molar-refractivity contribution in [3.05, 3.63) is 29.8 Å². The second kappa shape index (κ2) is 7.19. The first-order valence-electron chi connectivity index (χ1n) is 5.44. The van der Waals surface area contributed by atoms with E-state index in [1.165, 1.54) is 18.2 Å². The van der Waals surface area contributed by atoms with E-state index >= 15 is 0 Å². The fraction of sp³-hybridized carbons (Fsp3) is 0.333. The number of rotatable bonds is 5. The lowest BCUT2D eigenvalue weighted by Crippen LogP contribution is -2.29. The summed E-state index contributed by atoms with van der Waals surface area (Å²) in [6, 6.07) is 5.83. The summed E-state index contributed by atoms with van der Waals surface area (Å²) in [5.74, 6) is 5.18. The molecule has 0 saturated heterocycles. The first-order chi connectivity index (χ1) is 8.97. The fourth-order valence-corrected chi connectivity index (χ4v) is 2.44. The lowest BCUT2D eigenvalue weighted by Gasteiger charge is -2.07. The van der Waals surface area contributed by atoms with Gasteiger partial charge in [0.25, 0.3) is 6.43 Å². The van der Waals surface area contributed by atoms with E-state index in [1.807, 2.05) is 4.72 Å². The van der Waals surface area contributed by atoms with Gasteiger partial charge < -0.3 is 5.11 Å². The topological polar surface area (TPSA) is 66.4 Å². The zero-order valence-corrected chi connectivity index (χ0v) is 10.8. The minimum absolute atomic E-state index is 0.133. The summed E-state index contributed by atoms with van der Waals surface area (Å²) in [6.07, 6.45) is -2.55. The molecule has 1 aromatic rings. The number of aliphatic hydroxyl groups is 1. The van der Waals surface area contributed by atoms with Crippen molar-refractivity contribution in [3.63, 3.8) is 0 Å². The molecule has 0 radical (unpaired) electrons. The molecular weight excluding hydrogens is 276 g/mol. The first kappa shape index (κ1) is 15.6. The highest BCUT2D eigenvalue weighted by Crippen LogP contribution is 2.14. The van der Waals surface area contributed by atoms with Crippen molar-refractivity contribution in [1.82, 2.24) is 4.72 Å². The molecule has 104 valence electrons. The lowest BCUT2D eigenvalue weighted by molar-refractivity contribution is 0.153. The first-order valence-corrected chi connectivity index (χ1v) is 6.92. The maximum absolute atomic E-state index is 12.0. The number of aliphatic hydroxyl groups excluding tert-OH is 1. The van der Waals surface area contributed by atoms with E-state index in [9.17, 15) is 17.2 Å². The average molecular weight is 289 g/mol. The molecule has 1 aromatic carbocycles. The van der Waals surface area contributed by atoms with Gasteiger partial charge in [0.1, 0.15) is 0 Å². The van der Waals surface area contributed by atoms with E-state index < -0.39 is 23.0 Å². The smallest absolute Gasteiger partial charge is 0.251 e. The highest BCUT2D eigenvalue weighted by atomic mass is 32.2. The molecule has 2 N–H and O–H groups in total. The Morgan fingerprint density at radius 3 is 2.63 bits per heavy atom. The third-order valence-corrected chi connectivity index (χ3v) is 3.55. The molecule has 0 aromatic heterocycles. The Balaban J connectivity index is 3.03. The molecular formula is C12H13F2NO3S. The SMILES string of the molecule is O=S(=O)(NCC(F)F)c1ccccc1C#CCCO. The second-order valence-electron chi connectivity index (χ2n) is 3.51. The summed E-state index contributed by atoms with van der Waals surface area (Å²) in [6.45, 7) is -1.08. The van der Waals surface area contributed by atoms with E-state index in [2.05, 4.69) is 11.8 Å². The third kappa shape index (κ3) is 4.95. The zero-order valence-electron chi connectivity index (χ0n) is 9.94. The van der Waals surface area contributed by atoms with E-state index in [4.69, 9.17) is 5.11 Å². The number of hydrogen-bond acceptors (Lipinski definition) is 3. The van der Waals surface area contributed by atoms with Crippen molar-refractivity contribution < 1.29 is 22.3 Å². The van der Waals surface area contributed by atoms with Gasteiger partial charge in [0.2, 0.25) is 10.0 Å². The summed E-state index contributed by atoms with van der Waals surface area (Å²) in [5, 5.41) is 8.60. The van der Waals surface area contributed by atoms with Crippen LogP contribution in [0.15, 0.2) is 29.2 Å². The van der Waals surface area contributed by atoms with Crippen LogP contribution in [-0.2, 0) is 10.0 Å². The maximum atomic E-state index is 12.0. The van der Waals surface area contributed by atoms with Gasteiger partial charge in [-0.3, -0.25) is 0 Å².